The Labute approximate surface area is 152 Å². The predicted molar refractivity (Wildman–Crippen MR) is 95.1 cm³/mol. The topological polar surface area (TPSA) is 99.1 Å². The summed E-state index contributed by atoms with van der Waals surface area (Å²) in [4.78, 5) is 28.5. The van der Waals surface area contributed by atoms with Gasteiger partial charge in [0.2, 0.25) is 5.91 Å². The Bertz CT molecular complexity index is 831. The second-order valence-corrected chi connectivity index (χ2v) is 6.99. The number of ether oxygens (including phenoxy) is 2. The van der Waals surface area contributed by atoms with Crippen LogP contribution < -0.4 is 14.8 Å². The number of thioether (sulfide) groups is 1. The summed E-state index contributed by atoms with van der Waals surface area (Å²) >= 11 is 2.97. The SMILES string of the molecule is COc1nc(CNC(=O)CSc2nc3ccccc3s2)nc(OC)n1. The zero-order valence-corrected chi connectivity index (χ0v) is 15.2. The van der Waals surface area contributed by atoms with E-state index >= 15 is 0 Å². The molecule has 0 radical (unpaired) electrons. The Morgan fingerprint density at radius 3 is 2.52 bits per heavy atom. The van der Waals surface area contributed by atoms with Gasteiger partial charge >= 0.3 is 12.0 Å². The number of thiazole rings is 1. The van der Waals surface area contributed by atoms with E-state index in [2.05, 4.69) is 25.3 Å². The van der Waals surface area contributed by atoms with Crippen molar-refractivity contribution in [3.63, 3.8) is 0 Å². The molecule has 1 N–H and O–H groups in total. The van der Waals surface area contributed by atoms with Gasteiger partial charge in [-0.05, 0) is 12.1 Å². The van der Waals surface area contributed by atoms with E-state index in [0.29, 0.717) is 5.82 Å². The third kappa shape index (κ3) is 4.54. The highest BCUT2D eigenvalue weighted by Crippen LogP contribution is 2.29. The third-order valence-corrected chi connectivity index (χ3v) is 5.23. The van der Waals surface area contributed by atoms with Gasteiger partial charge in [-0.2, -0.15) is 9.97 Å². The standard InChI is InChI=1S/C15H15N5O3S2/c1-22-13-18-11(19-14(20-13)23-2)7-16-12(21)8-24-15-17-9-5-3-4-6-10(9)25-15/h3-6H,7-8H2,1-2H3,(H,16,21). The number of carbonyl (C=O) groups is 1. The predicted octanol–water partition coefficient (Wildman–Crippen LogP) is 1.91. The molecule has 0 spiro atoms. The van der Waals surface area contributed by atoms with Gasteiger partial charge in [-0.3, -0.25) is 4.79 Å². The maximum Gasteiger partial charge on any atom is 0.322 e. The van der Waals surface area contributed by atoms with Gasteiger partial charge in [-0.15, -0.1) is 16.3 Å². The van der Waals surface area contributed by atoms with Crippen molar-refractivity contribution in [2.24, 2.45) is 0 Å². The minimum Gasteiger partial charge on any atom is -0.467 e. The van der Waals surface area contributed by atoms with Crippen LogP contribution in [0.1, 0.15) is 5.82 Å². The molecule has 0 saturated carbocycles. The van der Waals surface area contributed by atoms with Gasteiger partial charge in [0, 0.05) is 0 Å². The molecule has 0 saturated heterocycles. The number of carbonyl (C=O) groups excluding carboxylic acids is 1. The average molecular weight is 377 g/mol. The molecule has 25 heavy (non-hydrogen) atoms. The molecule has 3 rings (SSSR count). The quantitative estimate of drug-likeness (QED) is 0.624. The number of amides is 1. The smallest absolute Gasteiger partial charge is 0.322 e. The molecular formula is C15H15N5O3S2. The first-order valence-electron chi connectivity index (χ1n) is 7.26. The molecule has 0 unspecified atom stereocenters. The van der Waals surface area contributed by atoms with E-state index < -0.39 is 0 Å². The molecule has 0 atom stereocenters. The van der Waals surface area contributed by atoms with Gasteiger partial charge in [-0.1, -0.05) is 23.9 Å². The van der Waals surface area contributed by atoms with Crippen molar-refractivity contribution in [3.05, 3.63) is 30.1 Å². The van der Waals surface area contributed by atoms with Crippen molar-refractivity contribution < 1.29 is 14.3 Å². The molecule has 2 heterocycles. The summed E-state index contributed by atoms with van der Waals surface area (Å²) in [5, 5.41) is 2.76. The molecule has 0 bridgehead atoms. The van der Waals surface area contributed by atoms with Crippen LogP contribution in [-0.2, 0) is 11.3 Å². The van der Waals surface area contributed by atoms with Crippen molar-refractivity contribution in [1.29, 1.82) is 0 Å². The van der Waals surface area contributed by atoms with Crippen LogP contribution in [0.2, 0.25) is 0 Å². The van der Waals surface area contributed by atoms with Gasteiger partial charge in [0.1, 0.15) is 0 Å². The molecule has 10 heteroatoms. The highest BCUT2D eigenvalue weighted by atomic mass is 32.2. The van der Waals surface area contributed by atoms with Gasteiger partial charge in [-0.25, -0.2) is 4.98 Å². The van der Waals surface area contributed by atoms with Crippen molar-refractivity contribution in [2.75, 3.05) is 20.0 Å². The van der Waals surface area contributed by atoms with E-state index in [-0.39, 0.29) is 30.2 Å². The van der Waals surface area contributed by atoms with E-state index in [9.17, 15) is 4.79 Å². The van der Waals surface area contributed by atoms with Crippen LogP contribution in [0.5, 0.6) is 12.0 Å². The monoisotopic (exact) mass is 377 g/mol. The van der Waals surface area contributed by atoms with E-state index in [1.165, 1.54) is 26.0 Å². The first-order chi connectivity index (χ1) is 12.2. The molecule has 0 aliphatic rings. The number of methoxy groups -OCH3 is 2. The summed E-state index contributed by atoms with van der Waals surface area (Å²) in [6.07, 6.45) is 0. The fraction of sp³-hybridized carbons (Fsp3) is 0.267. The number of fused-ring (bicyclic) bond motifs is 1. The number of nitrogens with one attached hydrogen (secondary N) is 1. The van der Waals surface area contributed by atoms with Crippen molar-refractivity contribution in [2.45, 2.75) is 10.9 Å². The van der Waals surface area contributed by atoms with E-state index in [1.54, 1.807) is 11.3 Å². The summed E-state index contributed by atoms with van der Waals surface area (Å²) in [5.74, 6) is 0.490. The van der Waals surface area contributed by atoms with Crippen LogP contribution in [-0.4, -0.2) is 45.8 Å². The molecule has 0 aliphatic carbocycles. The normalized spacial score (nSPS) is 10.6. The van der Waals surface area contributed by atoms with Crippen molar-refractivity contribution >= 4 is 39.2 Å². The number of hydrogen-bond donors (Lipinski definition) is 1. The second kappa shape index (κ2) is 8.08. The summed E-state index contributed by atoms with van der Waals surface area (Å²) in [6, 6.07) is 8.16. The summed E-state index contributed by atoms with van der Waals surface area (Å²) in [5.41, 5.74) is 0.944. The molecule has 1 amide bonds. The lowest BCUT2D eigenvalue weighted by Crippen LogP contribution is -2.25. The maximum absolute atomic E-state index is 12.0. The summed E-state index contributed by atoms with van der Waals surface area (Å²) in [7, 11) is 2.90. The molecule has 1 aromatic carbocycles. The van der Waals surface area contributed by atoms with Crippen LogP contribution in [0.3, 0.4) is 0 Å². The van der Waals surface area contributed by atoms with Gasteiger partial charge in [0.25, 0.3) is 0 Å². The van der Waals surface area contributed by atoms with Gasteiger partial charge in [0.05, 0.1) is 36.7 Å². The second-order valence-electron chi connectivity index (χ2n) is 4.74. The first-order valence-corrected chi connectivity index (χ1v) is 9.06. The number of aromatic nitrogens is 4. The number of hydrogen-bond acceptors (Lipinski definition) is 9. The molecule has 0 fully saturated rings. The van der Waals surface area contributed by atoms with E-state index in [0.717, 1.165) is 14.6 Å². The average Bonchev–Trinajstić information content (AvgIpc) is 3.07. The third-order valence-electron chi connectivity index (χ3n) is 3.05. The van der Waals surface area contributed by atoms with Crippen molar-refractivity contribution in [1.82, 2.24) is 25.3 Å². The molecule has 130 valence electrons. The Morgan fingerprint density at radius 2 is 1.84 bits per heavy atom. The Morgan fingerprint density at radius 1 is 1.12 bits per heavy atom. The van der Waals surface area contributed by atoms with Crippen LogP contribution in [0.25, 0.3) is 10.2 Å². The zero-order chi connectivity index (χ0) is 17.6. The minimum absolute atomic E-state index is 0.136. The van der Waals surface area contributed by atoms with Crippen LogP contribution in [0, 0.1) is 0 Å². The molecule has 8 nitrogen and oxygen atoms in total. The Balaban J connectivity index is 1.54. The highest BCUT2D eigenvalue weighted by Gasteiger charge is 2.10. The minimum atomic E-state index is -0.136. The fourth-order valence-corrected chi connectivity index (χ4v) is 3.81. The lowest BCUT2D eigenvalue weighted by molar-refractivity contribution is -0.118. The van der Waals surface area contributed by atoms with Gasteiger partial charge in [0.15, 0.2) is 10.2 Å². The van der Waals surface area contributed by atoms with Crippen molar-refractivity contribution in [3.8, 4) is 12.0 Å². The fourth-order valence-electron chi connectivity index (χ4n) is 1.91. The first kappa shape index (κ1) is 17.4. The van der Waals surface area contributed by atoms with E-state index in [4.69, 9.17) is 9.47 Å². The Kier molecular flexibility index (Phi) is 5.61. The number of benzene rings is 1. The summed E-state index contributed by atoms with van der Waals surface area (Å²) < 4.78 is 11.9. The van der Waals surface area contributed by atoms with Crippen LogP contribution in [0.4, 0.5) is 0 Å². The number of nitrogens with zero attached hydrogens (tertiary/aromatic N) is 4. The van der Waals surface area contributed by atoms with Gasteiger partial charge < -0.3 is 14.8 Å². The zero-order valence-electron chi connectivity index (χ0n) is 13.6. The number of para-hydroxylation sites is 1. The summed E-state index contributed by atoms with van der Waals surface area (Å²) in [6.45, 7) is 0.161. The van der Waals surface area contributed by atoms with E-state index in [1.807, 2.05) is 24.3 Å². The lowest BCUT2D eigenvalue weighted by atomic mass is 10.3. The highest BCUT2D eigenvalue weighted by molar-refractivity contribution is 8.01. The lowest BCUT2D eigenvalue weighted by Gasteiger charge is -2.06. The van der Waals surface area contributed by atoms with Crippen LogP contribution in [0.15, 0.2) is 28.6 Å². The largest absolute Gasteiger partial charge is 0.467 e. The molecule has 2 aromatic heterocycles. The maximum atomic E-state index is 12.0. The molecule has 0 aliphatic heterocycles. The number of rotatable bonds is 7. The Hall–Kier alpha value is -2.46. The molecular weight excluding hydrogens is 362 g/mol. The molecule has 3 aromatic rings. The van der Waals surface area contributed by atoms with Crippen LogP contribution >= 0.6 is 23.1 Å².